The van der Waals surface area contributed by atoms with Gasteiger partial charge < -0.3 is 0 Å². The summed E-state index contributed by atoms with van der Waals surface area (Å²) in [4.78, 5) is 0. The molecule has 0 N–H and O–H groups in total. The van der Waals surface area contributed by atoms with E-state index in [4.69, 9.17) is 0 Å². The van der Waals surface area contributed by atoms with Gasteiger partial charge in [-0.15, -0.1) is 0 Å². The minimum absolute atomic E-state index is 0.313. The van der Waals surface area contributed by atoms with E-state index in [9.17, 15) is 35.1 Å². The molecule has 20 heavy (non-hydrogen) atoms. The van der Waals surface area contributed by atoms with Crippen LogP contribution in [0.15, 0.2) is 29.6 Å². The summed E-state index contributed by atoms with van der Waals surface area (Å²) in [6, 6.07) is 0.703. The fourth-order valence-electron chi connectivity index (χ4n) is 1.71. The summed E-state index contributed by atoms with van der Waals surface area (Å²) in [7, 11) is 0. The zero-order valence-electron chi connectivity index (χ0n) is 9.33. The maximum Gasteiger partial charge on any atom is 0.195 e. The van der Waals surface area contributed by atoms with Gasteiger partial charge in [-0.05, 0) is 12.1 Å². The van der Waals surface area contributed by atoms with Crippen LogP contribution in [0, 0.1) is 17.5 Å². The number of hydrogen-bond acceptors (Lipinski definition) is 0. The van der Waals surface area contributed by atoms with Crippen molar-refractivity contribution in [1.82, 2.24) is 0 Å². The van der Waals surface area contributed by atoms with Gasteiger partial charge in [0.1, 0.15) is 5.83 Å². The molecule has 0 radical (unpaired) electrons. The molecule has 0 spiro atoms. The van der Waals surface area contributed by atoms with E-state index in [0.29, 0.717) is 12.1 Å². The third-order valence-electron chi connectivity index (χ3n) is 2.71. The summed E-state index contributed by atoms with van der Waals surface area (Å²) in [5.74, 6) is -12.4. The molecular weight excluding hydrogens is 296 g/mol. The molecule has 0 heterocycles. The first-order valence-electron chi connectivity index (χ1n) is 5.14. The summed E-state index contributed by atoms with van der Waals surface area (Å²) >= 11 is 0. The van der Waals surface area contributed by atoms with Crippen LogP contribution in [-0.2, 0) is 0 Å². The molecule has 1 aliphatic rings. The molecule has 0 amide bonds. The van der Waals surface area contributed by atoms with E-state index in [0.717, 1.165) is 0 Å². The lowest BCUT2D eigenvalue weighted by Gasteiger charge is -2.20. The van der Waals surface area contributed by atoms with Crippen LogP contribution in [0.2, 0.25) is 0 Å². The minimum Gasteiger partial charge on any atom is -0.236 e. The first-order chi connectivity index (χ1) is 9.27. The molecule has 2 atom stereocenters. The Kier molecular flexibility index (Phi) is 3.58. The average molecular weight is 300 g/mol. The van der Waals surface area contributed by atoms with Crippen LogP contribution < -0.4 is 0 Å². The first-order valence-corrected chi connectivity index (χ1v) is 5.14. The molecule has 0 nitrogen and oxygen atoms in total. The van der Waals surface area contributed by atoms with Crippen LogP contribution in [0.4, 0.5) is 35.1 Å². The molecular formula is C12H4F8. The summed E-state index contributed by atoms with van der Waals surface area (Å²) < 4.78 is 105. The molecule has 1 aliphatic carbocycles. The number of rotatable bonds is 1. The van der Waals surface area contributed by atoms with Gasteiger partial charge in [0, 0.05) is 5.56 Å². The zero-order chi connectivity index (χ0) is 15.2. The third-order valence-corrected chi connectivity index (χ3v) is 2.71. The quantitative estimate of drug-likeness (QED) is 0.524. The van der Waals surface area contributed by atoms with Crippen molar-refractivity contribution in [3.8, 4) is 0 Å². The van der Waals surface area contributed by atoms with Gasteiger partial charge in [-0.25, -0.2) is 35.1 Å². The van der Waals surface area contributed by atoms with E-state index in [1.54, 1.807) is 0 Å². The summed E-state index contributed by atoms with van der Waals surface area (Å²) in [5.41, 5.74) is -2.86. The van der Waals surface area contributed by atoms with Crippen molar-refractivity contribution in [3.63, 3.8) is 0 Å². The number of benzene rings is 1. The maximum absolute atomic E-state index is 13.5. The standard InChI is InChI=1S/C12H4F8/c13-4-2-1-3(6(14)7(4)15)5-8(16)10(18)12(20)11(19)9(5)17/h1-2,10,12H. The molecule has 0 bridgehead atoms. The lowest BCUT2D eigenvalue weighted by Crippen LogP contribution is -2.25. The van der Waals surface area contributed by atoms with E-state index < -0.39 is 58.4 Å². The number of hydrogen-bond donors (Lipinski definition) is 0. The highest BCUT2D eigenvalue weighted by Crippen LogP contribution is 2.42. The van der Waals surface area contributed by atoms with E-state index in [1.807, 2.05) is 0 Å². The van der Waals surface area contributed by atoms with E-state index in [-0.39, 0.29) is 0 Å². The normalized spacial score (nSPS) is 23.6. The van der Waals surface area contributed by atoms with Crippen molar-refractivity contribution in [2.75, 3.05) is 0 Å². The number of allylic oxidation sites excluding steroid dienone is 4. The van der Waals surface area contributed by atoms with Crippen LogP contribution >= 0.6 is 0 Å². The summed E-state index contributed by atoms with van der Waals surface area (Å²) in [5, 5.41) is 0. The summed E-state index contributed by atoms with van der Waals surface area (Å²) in [6.07, 6.45) is -6.41. The fraction of sp³-hybridized carbons (Fsp3) is 0.167. The van der Waals surface area contributed by atoms with Crippen molar-refractivity contribution < 1.29 is 35.1 Å². The van der Waals surface area contributed by atoms with Crippen LogP contribution in [0.25, 0.3) is 5.57 Å². The van der Waals surface area contributed by atoms with Gasteiger partial charge >= 0.3 is 0 Å². The van der Waals surface area contributed by atoms with Crippen molar-refractivity contribution >= 4 is 5.57 Å². The van der Waals surface area contributed by atoms with Crippen molar-refractivity contribution in [3.05, 3.63) is 52.6 Å². The van der Waals surface area contributed by atoms with Crippen molar-refractivity contribution in [2.45, 2.75) is 12.3 Å². The highest BCUT2D eigenvalue weighted by Gasteiger charge is 2.41. The highest BCUT2D eigenvalue weighted by atomic mass is 19.2. The second kappa shape index (κ2) is 4.92. The van der Waals surface area contributed by atoms with Crippen molar-refractivity contribution in [1.29, 1.82) is 0 Å². The highest BCUT2D eigenvalue weighted by molar-refractivity contribution is 5.81. The minimum atomic E-state index is -3.22. The fourth-order valence-corrected chi connectivity index (χ4v) is 1.71. The van der Waals surface area contributed by atoms with Gasteiger partial charge in [0.15, 0.2) is 41.4 Å². The summed E-state index contributed by atoms with van der Waals surface area (Å²) in [6.45, 7) is 0. The second-order valence-corrected chi connectivity index (χ2v) is 3.91. The zero-order valence-corrected chi connectivity index (χ0v) is 9.33. The van der Waals surface area contributed by atoms with Crippen LogP contribution in [0.5, 0.6) is 0 Å². The molecule has 0 fully saturated rings. The van der Waals surface area contributed by atoms with Crippen molar-refractivity contribution in [2.24, 2.45) is 0 Å². The lowest BCUT2D eigenvalue weighted by molar-refractivity contribution is 0.170. The molecule has 108 valence electrons. The van der Waals surface area contributed by atoms with E-state index >= 15 is 0 Å². The molecule has 0 aromatic heterocycles. The average Bonchev–Trinajstić information content (AvgIpc) is 2.43. The molecule has 2 unspecified atom stereocenters. The van der Waals surface area contributed by atoms with Crippen LogP contribution in [0.1, 0.15) is 5.56 Å². The first kappa shape index (κ1) is 14.5. The molecule has 0 saturated carbocycles. The van der Waals surface area contributed by atoms with Gasteiger partial charge in [0.05, 0.1) is 5.57 Å². The predicted molar refractivity (Wildman–Crippen MR) is 53.4 cm³/mol. The Hall–Kier alpha value is -1.86. The SMILES string of the molecule is FC1=C(F)C(F)C(F)C(F)=C1c1ccc(F)c(F)c1F. The van der Waals surface area contributed by atoms with Gasteiger partial charge in [-0.2, -0.15) is 0 Å². The monoisotopic (exact) mass is 300 g/mol. The van der Waals surface area contributed by atoms with E-state index in [2.05, 4.69) is 0 Å². The van der Waals surface area contributed by atoms with Gasteiger partial charge in [-0.3, -0.25) is 0 Å². The molecule has 8 heteroatoms. The maximum atomic E-state index is 13.5. The molecule has 0 aliphatic heterocycles. The van der Waals surface area contributed by atoms with Crippen LogP contribution in [-0.4, -0.2) is 12.3 Å². The predicted octanol–water partition coefficient (Wildman–Crippen LogP) is 4.62. The largest absolute Gasteiger partial charge is 0.236 e. The Balaban J connectivity index is 2.72. The molecule has 2 rings (SSSR count). The Bertz CT molecular complexity index is 631. The topological polar surface area (TPSA) is 0 Å². The second-order valence-electron chi connectivity index (χ2n) is 3.91. The Labute approximate surface area is 107 Å². The van der Waals surface area contributed by atoms with E-state index in [1.165, 1.54) is 0 Å². The van der Waals surface area contributed by atoms with Gasteiger partial charge in [0.2, 0.25) is 0 Å². The smallest absolute Gasteiger partial charge is 0.195 e. The van der Waals surface area contributed by atoms with Crippen LogP contribution in [0.3, 0.4) is 0 Å². The Morgan fingerprint density at radius 2 is 1.25 bits per heavy atom. The third kappa shape index (κ3) is 1.99. The molecule has 1 aromatic carbocycles. The van der Waals surface area contributed by atoms with Gasteiger partial charge in [0.25, 0.3) is 0 Å². The Morgan fingerprint density at radius 3 is 1.85 bits per heavy atom. The molecule has 0 saturated heterocycles. The Morgan fingerprint density at radius 1 is 0.700 bits per heavy atom. The molecule has 1 aromatic rings. The number of alkyl halides is 2. The number of halogens is 8. The van der Waals surface area contributed by atoms with Gasteiger partial charge in [-0.1, -0.05) is 0 Å². The lowest BCUT2D eigenvalue weighted by atomic mass is 9.94.